The molecule has 0 bridgehead atoms. The highest BCUT2D eigenvalue weighted by molar-refractivity contribution is 7.92. The quantitative estimate of drug-likeness (QED) is 0.630. The first kappa shape index (κ1) is 22.5. The maximum Gasteiger partial charge on any atom is 0.264 e. The van der Waals surface area contributed by atoms with Gasteiger partial charge in [-0.15, -0.1) is 0 Å². The number of carbonyl (C=O) groups excluding carboxylic acids is 1. The van der Waals surface area contributed by atoms with E-state index in [-0.39, 0.29) is 16.6 Å². The zero-order valence-electron chi connectivity index (χ0n) is 16.9. The molecule has 0 aromatic heterocycles. The third-order valence-corrected chi connectivity index (χ3v) is 5.89. The third kappa shape index (κ3) is 5.61. The van der Waals surface area contributed by atoms with E-state index in [0.29, 0.717) is 18.1 Å². The zero-order valence-corrected chi connectivity index (χ0v) is 17.7. The molecule has 1 N–H and O–H groups in total. The van der Waals surface area contributed by atoms with Crippen molar-refractivity contribution >= 4 is 21.6 Å². The highest BCUT2D eigenvalue weighted by Crippen LogP contribution is 2.32. The van der Waals surface area contributed by atoms with Gasteiger partial charge in [0.1, 0.15) is 18.0 Å². The summed E-state index contributed by atoms with van der Waals surface area (Å²) < 4.78 is 43.2. The number of hydrogen-bond donors (Lipinski definition) is 1. The highest BCUT2D eigenvalue weighted by atomic mass is 32.2. The molecule has 2 aromatic carbocycles. The van der Waals surface area contributed by atoms with E-state index in [1.54, 1.807) is 43.3 Å². The highest BCUT2D eigenvalue weighted by Gasteiger charge is 2.29. The summed E-state index contributed by atoms with van der Waals surface area (Å²) in [5.41, 5.74) is 0.264. The summed E-state index contributed by atoms with van der Waals surface area (Å²) in [6, 6.07) is 12.3. The van der Waals surface area contributed by atoms with E-state index in [2.05, 4.69) is 5.32 Å². The molecular weight excluding hydrogens is 396 g/mol. The van der Waals surface area contributed by atoms with Crippen molar-refractivity contribution < 1.29 is 27.4 Å². The van der Waals surface area contributed by atoms with E-state index in [4.69, 9.17) is 14.2 Å². The van der Waals surface area contributed by atoms with E-state index < -0.39 is 22.5 Å². The number of ether oxygens (including phenoxy) is 3. The topological polar surface area (TPSA) is 94.2 Å². The van der Waals surface area contributed by atoms with Crippen molar-refractivity contribution in [1.29, 1.82) is 0 Å². The predicted octanol–water partition coefficient (Wildman–Crippen LogP) is 2.05. The Balaban J connectivity index is 2.44. The predicted molar refractivity (Wildman–Crippen MR) is 110 cm³/mol. The molecule has 0 spiro atoms. The molecule has 0 fully saturated rings. The van der Waals surface area contributed by atoms with Crippen molar-refractivity contribution in [2.24, 2.45) is 0 Å². The number of sulfonamides is 1. The number of anilines is 1. The Morgan fingerprint density at radius 1 is 1.03 bits per heavy atom. The number of rotatable bonds is 10. The molecule has 0 aliphatic heterocycles. The summed E-state index contributed by atoms with van der Waals surface area (Å²) >= 11 is 0. The fraction of sp³-hybridized carbons (Fsp3) is 0.350. The van der Waals surface area contributed by atoms with Crippen molar-refractivity contribution in [3.8, 4) is 11.5 Å². The van der Waals surface area contributed by atoms with Gasteiger partial charge in [-0.25, -0.2) is 8.42 Å². The van der Waals surface area contributed by atoms with E-state index in [1.165, 1.54) is 33.5 Å². The number of benzene rings is 2. The molecule has 0 unspecified atom stereocenters. The van der Waals surface area contributed by atoms with Gasteiger partial charge < -0.3 is 19.5 Å². The Kier molecular flexibility index (Phi) is 7.86. The van der Waals surface area contributed by atoms with Crippen LogP contribution in [-0.2, 0) is 19.6 Å². The molecule has 29 heavy (non-hydrogen) atoms. The van der Waals surface area contributed by atoms with E-state index in [1.807, 2.05) is 0 Å². The summed E-state index contributed by atoms with van der Waals surface area (Å²) in [5, 5.41) is 2.73. The monoisotopic (exact) mass is 422 g/mol. The first-order valence-electron chi connectivity index (χ1n) is 8.91. The summed E-state index contributed by atoms with van der Waals surface area (Å²) in [6.07, 6.45) is 0. The van der Waals surface area contributed by atoms with Crippen LogP contribution in [0.15, 0.2) is 53.4 Å². The van der Waals surface area contributed by atoms with Gasteiger partial charge in [-0.3, -0.25) is 9.10 Å². The fourth-order valence-corrected chi connectivity index (χ4v) is 4.18. The van der Waals surface area contributed by atoms with Gasteiger partial charge in [-0.2, -0.15) is 0 Å². The first-order valence-corrected chi connectivity index (χ1v) is 10.4. The lowest BCUT2D eigenvalue weighted by atomic mass is 10.3. The summed E-state index contributed by atoms with van der Waals surface area (Å²) in [4.78, 5) is 12.6. The molecule has 158 valence electrons. The molecule has 0 aliphatic carbocycles. The second-order valence-electron chi connectivity index (χ2n) is 6.28. The molecule has 0 aliphatic rings. The van der Waals surface area contributed by atoms with Gasteiger partial charge in [0.2, 0.25) is 5.91 Å². The lowest BCUT2D eigenvalue weighted by molar-refractivity contribution is -0.120. The molecule has 0 saturated heterocycles. The zero-order chi connectivity index (χ0) is 21.4. The van der Waals surface area contributed by atoms with Gasteiger partial charge in [0.15, 0.2) is 0 Å². The lowest BCUT2D eigenvalue weighted by Crippen LogP contribution is -2.44. The molecule has 2 aromatic rings. The number of amides is 1. The average molecular weight is 423 g/mol. The van der Waals surface area contributed by atoms with Crippen LogP contribution in [0, 0.1) is 0 Å². The molecule has 0 radical (unpaired) electrons. The van der Waals surface area contributed by atoms with Crippen LogP contribution in [0.25, 0.3) is 0 Å². The molecular formula is C20H26N2O6S. The second-order valence-corrected chi connectivity index (χ2v) is 8.15. The van der Waals surface area contributed by atoms with Crippen LogP contribution in [0.3, 0.4) is 0 Å². The Labute approximate surface area is 171 Å². The Bertz CT molecular complexity index is 915. The largest absolute Gasteiger partial charge is 0.497 e. The molecule has 2 rings (SSSR count). The minimum Gasteiger partial charge on any atom is -0.497 e. The normalized spacial score (nSPS) is 12.1. The third-order valence-electron chi connectivity index (χ3n) is 4.11. The second kappa shape index (κ2) is 10.1. The summed E-state index contributed by atoms with van der Waals surface area (Å²) in [7, 11) is 0.415. The molecule has 9 heteroatoms. The minimum atomic E-state index is -4.05. The number of hydrogen-bond acceptors (Lipinski definition) is 6. The van der Waals surface area contributed by atoms with Crippen molar-refractivity contribution in [1.82, 2.24) is 5.32 Å². The Morgan fingerprint density at radius 3 is 2.28 bits per heavy atom. The number of para-hydroxylation sites is 2. The summed E-state index contributed by atoms with van der Waals surface area (Å²) in [5.74, 6) is 0.402. The van der Waals surface area contributed by atoms with E-state index in [0.717, 1.165) is 4.31 Å². The van der Waals surface area contributed by atoms with Gasteiger partial charge in [-0.05, 0) is 43.3 Å². The van der Waals surface area contributed by atoms with Crippen molar-refractivity contribution in [3.05, 3.63) is 48.5 Å². The molecule has 0 heterocycles. The first-order chi connectivity index (χ1) is 13.8. The van der Waals surface area contributed by atoms with Crippen molar-refractivity contribution in [3.63, 3.8) is 0 Å². The maximum atomic E-state index is 13.4. The molecule has 0 saturated carbocycles. The fourth-order valence-electron chi connectivity index (χ4n) is 2.75. The SMILES string of the molecule is COC[C@H](C)NC(=O)CN(c1ccccc1OC)S(=O)(=O)c1ccc(OC)cc1. The van der Waals surface area contributed by atoms with Gasteiger partial charge in [-0.1, -0.05) is 12.1 Å². The average Bonchev–Trinajstić information content (AvgIpc) is 2.72. The van der Waals surface area contributed by atoms with Gasteiger partial charge >= 0.3 is 0 Å². The van der Waals surface area contributed by atoms with Crippen LogP contribution < -0.4 is 19.1 Å². The van der Waals surface area contributed by atoms with Crippen molar-refractivity contribution in [2.45, 2.75) is 17.9 Å². The summed E-state index contributed by atoms with van der Waals surface area (Å²) in [6.45, 7) is 1.67. The number of carbonyl (C=O) groups is 1. The van der Waals surface area contributed by atoms with Crippen molar-refractivity contribution in [2.75, 3.05) is 38.8 Å². The molecule has 8 nitrogen and oxygen atoms in total. The number of methoxy groups -OCH3 is 3. The van der Waals surface area contributed by atoms with Crippen LogP contribution in [0.5, 0.6) is 11.5 Å². The lowest BCUT2D eigenvalue weighted by Gasteiger charge is -2.26. The van der Waals surface area contributed by atoms with E-state index in [9.17, 15) is 13.2 Å². The maximum absolute atomic E-state index is 13.4. The Hall–Kier alpha value is -2.78. The Morgan fingerprint density at radius 2 is 1.69 bits per heavy atom. The number of nitrogens with one attached hydrogen (secondary N) is 1. The van der Waals surface area contributed by atoms with Crippen LogP contribution >= 0.6 is 0 Å². The van der Waals surface area contributed by atoms with Crippen LogP contribution in [0.4, 0.5) is 5.69 Å². The minimum absolute atomic E-state index is 0.0296. The standard InChI is InChI=1S/C20H26N2O6S/c1-15(14-26-2)21-20(23)13-22(18-7-5-6-8-19(18)28-4)29(24,25)17-11-9-16(27-3)10-12-17/h5-12,15H,13-14H2,1-4H3,(H,21,23)/t15-/m0/s1. The van der Waals surface area contributed by atoms with Crippen LogP contribution in [-0.4, -0.2) is 54.8 Å². The van der Waals surface area contributed by atoms with Gasteiger partial charge in [0.05, 0.1) is 31.4 Å². The van der Waals surface area contributed by atoms with E-state index >= 15 is 0 Å². The van der Waals surface area contributed by atoms with Crippen LogP contribution in [0.2, 0.25) is 0 Å². The van der Waals surface area contributed by atoms with Gasteiger partial charge in [0, 0.05) is 13.2 Å². The molecule has 1 atom stereocenters. The van der Waals surface area contributed by atoms with Crippen LogP contribution in [0.1, 0.15) is 6.92 Å². The smallest absolute Gasteiger partial charge is 0.264 e. The molecule has 1 amide bonds. The van der Waals surface area contributed by atoms with Gasteiger partial charge in [0.25, 0.3) is 10.0 Å². The number of nitrogens with zero attached hydrogens (tertiary/aromatic N) is 1.